The van der Waals surface area contributed by atoms with Crippen molar-refractivity contribution in [3.8, 4) is 0 Å². The van der Waals surface area contributed by atoms with Crippen molar-refractivity contribution in [2.24, 2.45) is 0 Å². The van der Waals surface area contributed by atoms with Gasteiger partial charge < -0.3 is 19.2 Å². The minimum absolute atomic E-state index is 0.0551. The average Bonchev–Trinajstić information content (AvgIpc) is 3.38. The zero-order valence-corrected chi connectivity index (χ0v) is 20.1. The Kier molecular flexibility index (Phi) is 6.73. The van der Waals surface area contributed by atoms with Crippen LogP contribution in [0.1, 0.15) is 49.1 Å². The van der Waals surface area contributed by atoms with Gasteiger partial charge in [0.15, 0.2) is 0 Å². The van der Waals surface area contributed by atoms with Gasteiger partial charge in [0.1, 0.15) is 11.3 Å². The molecular formula is C28H34N2O4. The van der Waals surface area contributed by atoms with E-state index in [9.17, 15) is 4.79 Å². The molecule has 6 nitrogen and oxygen atoms in total. The SMILES string of the molecule is CCC(=O)N[C@@H]1c2ccccc2C2(CCN(Cc3cc4ccccc4o3)CC2)[C@H]1OCCOC. The Balaban J connectivity index is 1.38. The highest BCUT2D eigenvalue weighted by molar-refractivity contribution is 5.77. The van der Waals surface area contributed by atoms with Crippen LogP contribution < -0.4 is 5.32 Å². The molecule has 0 unspecified atom stereocenters. The van der Waals surface area contributed by atoms with Crippen molar-refractivity contribution >= 4 is 16.9 Å². The summed E-state index contributed by atoms with van der Waals surface area (Å²) in [6.07, 6.45) is 2.30. The van der Waals surface area contributed by atoms with E-state index in [1.165, 1.54) is 11.1 Å². The van der Waals surface area contributed by atoms with Gasteiger partial charge in [-0.15, -0.1) is 0 Å². The van der Waals surface area contributed by atoms with E-state index in [2.05, 4.69) is 46.6 Å². The fourth-order valence-electron chi connectivity index (χ4n) is 5.80. The number of hydrogen-bond donors (Lipinski definition) is 1. The van der Waals surface area contributed by atoms with Gasteiger partial charge in [0.05, 0.1) is 31.9 Å². The van der Waals surface area contributed by atoms with E-state index in [-0.39, 0.29) is 23.5 Å². The van der Waals surface area contributed by atoms with Crippen molar-refractivity contribution in [1.29, 1.82) is 0 Å². The van der Waals surface area contributed by atoms with Gasteiger partial charge in [-0.25, -0.2) is 0 Å². The summed E-state index contributed by atoms with van der Waals surface area (Å²) in [6, 6.07) is 18.7. The third kappa shape index (κ3) is 4.26. The number of hydrogen-bond acceptors (Lipinski definition) is 5. The number of para-hydroxylation sites is 1. The Morgan fingerprint density at radius 1 is 1.12 bits per heavy atom. The Morgan fingerprint density at radius 3 is 2.65 bits per heavy atom. The summed E-state index contributed by atoms with van der Waals surface area (Å²) in [5.74, 6) is 1.06. The number of fused-ring (bicyclic) bond motifs is 3. The minimum Gasteiger partial charge on any atom is -0.460 e. The summed E-state index contributed by atoms with van der Waals surface area (Å²) >= 11 is 0. The monoisotopic (exact) mass is 462 g/mol. The lowest BCUT2D eigenvalue weighted by molar-refractivity contribution is -0.124. The van der Waals surface area contributed by atoms with Gasteiger partial charge in [-0.3, -0.25) is 9.69 Å². The molecule has 5 rings (SSSR count). The van der Waals surface area contributed by atoms with Crippen molar-refractivity contribution < 1.29 is 18.7 Å². The number of piperidine rings is 1. The number of likely N-dealkylation sites (tertiary alicyclic amines) is 1. The molecule has 2 aromatic carbocycles. The summed E-state index contributed by atoms with van der Waals surface area (Å²) in [6.45, 7) is 5.64. The average molecular weight is 463 g/mol. The molecule has 180 valence electrons. The number of methoxy groups -OCH3 is 1. The molecule has 0 radical (unpaired) electrons. The van der Waals surface area contributed by atoms with E-state index in [1.807, 2.05) is 25.1 Å². The number of carbonyl (C=O) groups excluding carboxylic acids is 1. The van der Waals surface area contributed by atoms with Gasteiger partial charge in [0.25, 0.3) is 0 Å². The molecule has 2 aliphatic rings. The fourth-order valence-corrected chi connectivity index (χ4v) is 5.80. The number of benzene rings is 2. The molecule has 2 heterocycles. The maximum absolute atomic E-state index is 12.4. The van der Waals surface area contributed by atoms with Crippen molar-refractivity contribution in [2.45, 2.75) is 50.3 Å². The highest BCUT2D eigenvalue weighted by Crippen LogP contribution is 2.52. The highest BCUT2D eigenvalue weighted by Gasteiger charge is 2.54. The lowest BCUT2D eigenvalue weighted by Crippen LogP contribution is -2.51. The van der Waals surface area contributed by atoms with Crippen LogP contribution in [0.4, 0.5) is 0 Å². The molecule has 1 fully saturated rings. The van der Waals surface area contributed by atoms with Gasteiger partial charge in [-0.1, -0.05) is 49.4 Å². The third-order valence-electron chi connectivity index (χ3n) is 7.51. The Morgan fingerprint density at radius 2 is 1.88 bits per heavy atom. The zero-order valence-electron chi connectivity index (χ0n) is 20.1. The summed E-state index contributed by atoms with van der Waals surface area (Å²) in [5, 5.41) is 4.42. The van der Waals surface area contributed by atoms with Gasteiger partial charge in [-0.2, -0.15) is 0 Å². The number of carbonyl (C=O) groups is 1. The van der Waals surface area contributed by atoms with Crippen LogP contribution in [0.5, 0.6) is 0 Å². The number of furan rings is 1. The molecule has 1 spiro atoms. The summed E-state index contributed by atoms with van der Waals surface area (Å²) in [4.78, 5) is 14.9. The van der Waals surface area contributed by atoms with Crippen LogP contribution in [0, 0.1) is 0 Å². The fraction of sp³-hybridized carbons (Fsp3) is 0.464. The first kappa shape index (κ1) is 23.1. The standard InChI is InChI=1S/C28H34N2O4/c1-3-25(31)29-26-22-9-5-6-10-23(22)28(27(26)33-17-16-32-2)12-14-30(15-13-28)19-21-18-20-8-4-7-11-24(20)34-21/h4-11,18,26-27H,3,12-17,19H2,1-2H3,(H,29,31)/t26-,27+/m1/s1. The quantitative estimate of drug-likeness (QED) is 0.497. The number of nitrogens with zero attached hydrogens (tertiary/aromatic N) is 1. The van der Waals surface area contributed by atoms with E-state index < -0.39 is 0 Å². The van der Waals surface area contributed by atoms with E-state index in [0.717, 1.165) is 49.2 Å². The number of rotatable bonds is 8. The molecule has 2 atom stereocenters. The molecule has 3 aromatic rings. The molecule has 1 aromatic heterocycles. The second-order valence-electron chi connectivity index (χ2n) is 9.45. The van der Waals surface area contributed by atoms with Gasteiger partial charge in [0, 0.05) is 24.3 Å². The summed E-state index contributed by atoms with van der Waals surface area (Å²) in [7, 11) is 1.69. The highest BCUT2D eigenvalue weighted by atomic mass is 16.5. The van der Waals surface area contributed by atoms with Crippen molar-refractivity contribution in [1.82, 2.24) is 10.2 Å². The molecule has 1 aliphatic heterocycles. The van der Waals surface area contributed by atoms with Crippen molar-refractivity contribution in [2.75, 3.05) is 33.4 Å². The number of ether oxygens (including phenoxy) is 2. The normalized spacial score (nSPS) is 21.7. The topological polar surface area (TPSA) is 63.9 Å². The first-order valence-electron chi connectivity index (χ1n) is 12.3. The second-order valence-corrected chi connectivity index (χ2v) is 9.45. The molecule has 0 saturated carbocycles. The summed E-state index contributed by atoms with van der Waals surface area (Å²) < 4.78 is 17.8. The van der Waals surface area contributed by atoms with Crippen LogP contribution in [0.25, 0.3) is 11.0 Å². The molecule has 0 bridgehead atoms. The molecule has 1 N–H and O–H groups in total. The molecule has 1 amide bonds. The smallest absolute Gasteiger partial charge is 0.220 e. The van der Waals surface area contributed by atoms with Crippen LogP contribution in [0.15, 0.2) is 59.0 Å². The Bertz CT molecular complexity index is 1100. The van der Waals surface area contributed by atoms with Crippen LogP contribution in [0.2, 0.25) is 0 Å². The molecular weight excluding hydrogens is 428 g/mol. The predicted molar refractivity (Wildman–Crippen MR) is 132 cm³/mol. The zero-order chi connectivity index (χ0) is 23.5. The van der Waals surface area contributed by atoms with Crippen LogP contribution in [0.3, 0.4) is 0 Å². The Hall–Kier alpha value is -2.67. The van der Waals surface area contributed by atoms with Crippen molar-refractivity contribution in [3.63, 3.8) is 0 Å². The number of amides is 1. The van der Waals surface area contributed by atoms with E-state index >= 15 is 0 Å². The molecule has 6 heteroatoms. The Labute approximate surface area is 201 Å². The minimum atomic E-state index is -0.137. The largest absolute Gasteiger partial charge is 0.460 e. The van der Waals surface area contributed by atoms with Crippen LogP contribution in [-0.4, -0.2) is 50.3 Å². The molecule has 1 aliphatic carbocycles. The predicted octanol–water partition coefficient (Wildman–Crippen LogP) is 4.58. The van der Waals surface area contributed by atoms with Gasteiger partial charge >= 0.3 is 0 Å². The maximum Gasteiger partial charge on any atom is 0.220 e. The van der Waals surface area contributed by atoms with Crippen LogP contribution >= 0.6 is 0 Å². The first-order chi connectivity index (χ1) is 16.6. The summed E-state index contributed by atoms with van der Waals surface area (Å²) in [5.41, 5.74) is 3.33. The maximum atomic E-state index is 12.4. The van der Waals surface area contributed by atoms with E-state index in [1.54, 1.807) is 7.11 Å². The van der Waals surface area contributed by atoms with Crippen LogP contribution in [-0.2, 0) is 26.2 Å². The van der Waals surface area contributed by atoms with Gasteiger partial charge in [0.2, 0.25) is 5.91 Å². The molecule has 34 heavy (non-hydrogen) atoms. The number of nitrogens with one attached hydrogen (secondary N) is 1. The lowest BCUT2D eigenvalue weighted by atomic mass is 9.71. The van der Waals surface area contributed by atoms with E-state index in [4.69, 9.17) is 13.9 Å². The van der Waals surface area contributed by atoms with Crippen molar-refractivity contribution in [3.05, 3.63) is 71.5 Å². The first-order valence-corrected chi connectivity index (χ1v) is 12.3. The van der Waals surface area contributed by atoms with Gasteiger partial charge in [-0.05, 0) is 49.2 Å². The van der Waals surface area contributed by atoms with E-state index in [0.29, 0.717) is 19.6 Å². The third-order valence-corrected chi connectivity index (χ3v) is 7.51. The second kappa shape index (κ2) is 9.90. The molecule has 1 saturated heterocycles. The lowest BCUT2D eigenvalue weighted by Gasteiger charge is -2.44.